The number of aromatic nitrogens is 3. The van der Waals surface area contributed by atoms with Crippen LogP contribution in [0.3, 0.4) is 0 Å². The summed E-state index contributed by atoms with van der Waals surface area (Å²) in [6.07, 6.45) is -1.89. The number of alkyl halides is 3. The summed E-state index contributed by atoms with van der Waals surface area (Å²) in [6, 6.07) is 1.59. The Morgan fingerprint density at radius 1 is 1.38 bits per heavy atom. The third-order valence-electron chi connectivity index (χ3n) is 4.02. The van der Waals surface area contributed by atoms with Gasteiger partial charge in [0, 0.05) is 6.20 Å². The monoisotopic (exact) mass is 301 g/mol. The van der Waals surface area contributed by atoms with E-state index in [0.717, 1.165) is 12.0 Å². The van der Waals surface area contributed by atoms with E-state index in [2.05, 4.69) is 23.9 Å². The molecule has 1 aliphatic carbocycles. The number of rotatable bonds is 3. The molecule has 1 aliphatic rings. The maximum absolute atomic E-state index is 13.6. The Hall–Kier alpha value is -1.66. The van der Waals surface area contributed by atoms with Crippen LogP contribution >= 0.6 is 0 Å². The number of hydrogen-bond acceptors (Lipinski definition) is 2. The van der Waals surface area contributed by atoms with Crippen molar-refractivity contribution in [1.29, 1.82) is 0 Å². The molecule has 3 rings (SSSR count). The summed E-state index contributed by atoms with van der Waals surface area (Å²) in [5, 5.41) is 3.32. The first-order valence-corrected chi connectivity index (χ1v) is 6.85. The van der Waals surface area contributed by atoms with Gasteiger partial charge in [0.1, 0.15) is 12.1 Å². The molecule has 2 aromatic rings. The summed E-state index contributed by atoms with van der Waals surface area (Å²) in [5.74, 6) is 0.381. The van der Waals surface area contributed by atoms with Crippen molar-refractivity contribution in [3.63, 3.8) is 0 Å². The van der Waals surface area contributed by atoms with E-state index in [1.165, 1.54) is 0 Å². The molecule has 2 heterocycles. The van der Waals surface area contributed by atoms with Crippen molar-refractivity contribution < 1.29 is 17.6 Å². The average molecular weight is 301 g/mol. The zero-order chi connectivity index (χ0) is 15.4. The minimum Gasteiger partial charge on any atom is -0.251 e. The molecule has 2 aromatic heterocycles. The van der Waals surface area contributed by atoms with Crippen molar-refractivity contribution >= 4 is 11.0 Å². The van der Waals surface area contributed by atoms with Gasteiger partial charge in [-0.05, 0) is 35.8 Å². The van der Waals surface area contributed by atoms with Gasteiger partial charge in [0.05, 0.1) is 5.52 Å². The van der Waals surface area contributed by atoms with E-state index in [1.807, 2.05) is 0 Å². The molecule has 3 nitrogen and oxygen atoms in total. The number of nitrogens with zero attached hydrogens (tertiary/aromatic N) is 3. The summed E-state index contributed by atoms with van der Waals surface area (Å²) in [6.45, 7) is 2.92. The van der Waals surface area contributed by atoms with E-state index in [0.29, 0.717) is 22.4 Å². The van der Waals surface area contributed by atoms with Crippen molar-refractivity contribution in [2.24, 2.45) is 11.8 Å². The van der Waals surface area contributed by atoms with Crippen molar-refractivity contribution in [1.82, 2.24) is 14.8 Å². The molecule has 1 saturated carbocycles. The quantitative estimate of drug-likeness (QED) is 0.805. The number of pyridine rings is 1. The molecule has 0 aliphatic heterocycles. The standard InChI is InChI=1S/C14H15F4N3/c1-7(2)9-4-10(9)8-3-11-12(19-5-8)13(15)20-21(11)6-14(16,17)18/h3,5,7,9-10H,4,6H2,1-2H3/t9-,10-/m1/s1. The van der Waals surface area contributed by atoms with Gasteiger partial charge < -0.3 is 0 Å². The summed E-state index contributed by atoms with van der Waals surface area (Å²) in [5.41, 5.74) is 0.867. The fraction of sp³-hybridized carbons (Fsp3) is 0.571. The molecule has 0 bridgehead atoms. The Morgan fingerprint density at radius 2 is 2.10 bits per heavy atom. The lowest BCUT2D eigenvalue weighted by Crippen LogP contribution is -2.18. The zero-order valence-electron chi connectivity index (χ0n) is 11.7. The number of fused-ring (bicyclic) bond motifs is 1. The fourth-order valence-corrected chi connectivity index (χ4v) is 2.86. The van der Waals surface area contributed by atoms with Crippen molar-refractivity contribution in [3.05, 3.63) is 23.8 Å². The molecule has 0 spiro atoms. The highest BCUT2D eigenvalue weighted by atomic mass is 19.4. The zero-order valence-corrected chi connectivity index (χ0v) is 11.7. The van der Waals surface area contributed by atoms with Crippen LogP contribution in [-0.2, 0) is 6.54 Å². The molecule has 0 amide bonds. The van der Waals surface area contributed by atoms with Crippen molar-refractivity contribution in [3.8, 4) is 0 Å². The van der Waals surface area contributed by atoms with Gasteiger partial charge in [-0.1, -0.05) is 13.8 Å². The van der Waals surface area contributed by atoms with Crippen molar-refractivity contribution in [2.75, 3.05) is 0 Å². The van der Waals surface area contributed by atoms with Crippen LogP contribution in [-0.4, -0.2) is 20.9 Å². The van der Waals surface area contributed by atoms with Crippen LogP contribution in [0.2, 0.25) is 0 Å². The summed E-state index contributed by atoms with van der Waals surface area (Å²) >= 11 is 0. The molecule has 114 valence electrons. The first kappa shape index (κ1) is 14.3. The highest BCUT2D eigenvalue weighted by molar-refractivity contribution is 5.75. The Kier molecular flexibility index (Phi) is 3.18. The lowest BCUT2D eigenvalue weighted by atomic mass is 10.0. The van der Waals surface area contributed by atoms with Crippen LogP contribution in [0.4, 0.5) is 17.6 Å². The second-order valence-corrected chi connectivity index (χ2v) is 5.95. The molecular weight excluding hydrogens is 286 g/mol. The largest absolute Gasteiger partial charge is 0.408 e. The predicted molar refractivity (Wildman–Crippen MR) is 69.2 cm³/mol. The molecule has 0 aromatic carbocycles. The molecule has 0 unspecified atom stereocenters. The predicted octanol–water partition coefficient (Wildman–Crippen LogP) is 3.89. The first-order valence-electron chi connectivity index (χ1n) is 6.85. The van der Waals surface area contributed by atoms with Crippen molar-refractivity contribution in [2.45, 2.75) is 38.9 Å². The summed E-state index contributed by atoms with van der Waals surface area (Å²) < 4.78 is 51.8. The van der Waals surface area contributed by atoms with Gasteiger partial charge in [0.2, 0.25) is 0 Å². The van der Waals surface area contributed by atoms with Crippen LogP contribution in [0, 0.1) is 17.8 Å². The Labute approximate surface area is 119 Å². The molecule has 0 radical (unpaired) electrons. The maximum atomic E-state index is 13.6. The molecule has 7 heteroatoms. The molecule has 0 saturated heterocycles. The van der Waals surface area contributed by atoms with Crippen LogP contribution in [0.1, 0.15) is 31.7 Å². The molecule has 0 N–H and O–H groups in total. The van der Waals surface area contributed by atoms with E-state index < -0.39 is 18.7 Å². The average Bonchev–Trinajstić information content (AvgIpc) is 3.11. The summed E-state index contributed by atoms with van der Waals surface area (Å²) in [7, 11) is 0. The van der Waals surface area contributed by atoms with Gasteiger partial charge in [-0.3, -0.25) is 4.68 Å². The van der Waals surface area contributed by atoms with E-state index in [1.54, 1.807) is 12.3 Å². The minimum atomic E-state index is -4.44. The van der Waals surface area contributed by atoms with E-state index in [-0.39, 0.29) is 11.0 Å². The van der Waals surface area contributed by atoms with Gasteiger partial charge in [0.15, 0.2) is 0 Å². The third-order valence-corrected chi connectivity index (χ3v) is 4.02. The second-order valence-electron chi connectivity index (χ2n) is 5.95. The number of halogens is 4. The fourth-order valence-electron chi connectivity index (χ4n) is 2.86. The highest BCUT2D eigenvalue weighted by Crippen LogP contribution is 2.51. The Balaban J connectivity index is 1.98. The van der Waals surface area contributed by atoms with Crippen LogP contribution in [0.5, 0.6) is 0 Å². The lowest BCUT2D eigenvalue weighted by Gasteiger charge is -2.08. The first-order chi connectivity index (χ1) is 9.76. The maximum Gasteiger partial charge on any atom is 0.408 e. The summed E-state index contributed by atoms with van der Waals surface area (Å²) in [4.78, 5) is 3.96. The van der Waals surface area contributed by atoms with Gasteiger partial charge in [-0.25, -0.2) is 4.98 Å². The van der Waals surface area contributed by atoms with Gasteiger partial charge in [-0.2, -0.15) is 17.6 Å². The Bertz CT molecular complexity index is 675. The van der Waals surface area contributed by atoms with Crippen LogP contribution in [0.15, 0.2) is 12.3 Å². The smallest absolute Gasteiger partial charge is 0.251 e. The minimum absolute atomic E-state index is 0.107. The van der Waals surface area contributed by atoms with Gasteiger partial charge in [-0.15, -0.1) is 5.10 Å². The molecule has 21 heavy (non-hydrogen) atoms. The third kappa shape index (κ3) is 2.73. The Morgan fingerprint density at radius 3 is 2.67 bits per heavy atom. The lowest BCUT2D eigenvalue weighted by molar-refractivity contribution is -0.142. The SMILES string of the molecule is CC(C)[C@H]1C[C@@H]1c1cnc2c(F)nn(CC(F)(F)F)c2c1. The number of hydrogen-bond donors (Lipinski definition) is 0. The molecular formula is C14H15F4N3. The van der Waals surface area contributed by atoms with E-state index in [4.69, 9.17) is 0 Å². The van der Waals surface area contributed by atoms with Crippen LogP contribution < -0.4 is 0 Å². The van der Waals surface area contributed by atoms with Gasteiger partial charge >= 0.3 is 6.18 Å². The van der Waals surface area contributed by atoms with E-state index in [9.17, 15) is 17.6 Å². The van der Waals surface area contributed by atoms with Gasteiger partial charge in [0.25, 0.3) is 5.95 Å². The topological polar surface area (TPSA) is 30.7 Å². The van der Waals surface area contributed by atoms with Crippen LogP contribution in [0.25, 0.3) is 11.0 Å². The molecule has 2 atom stereocenters. The normalized spacial score (nSPS) is 22.2. The highest BCUT2D eigenvalue weighted by Gasteiger charge is 2.40. The second kappa shape index (κ2) is 4.68. The van der Waals surface area contributed by atoms with E-state index >= 15 is 0 Å². The molecule has 1 fully saturated rings.